The molecule has 2 heterocycles. The molecule has 2 aromatic rings. The largest absolute Gasteiger partial charge is 0.334 e. The van der Waals surface area contributed by atoms with Gasteiger partial charge in [0.2, 0.25) is 5.91 Å². The summed E-state index contributed by atoms with van der Waals surface area (Å²) in [6, 6.07) is 5.73. The Balaban J connectivity index is 2.19. The van der Waals surface area contributed by atoms with Crippen LogP contribution in [0.2, 0.25) is 5.15 Å². The van der Waals surface area contributed by atoms with Crippen LogP contribution >= 0.6 is 11.6 Å². The van der Waals surface area contributed by atoms with Crippen molar-refractivity contribution in [2.24, 2.45) is 7.05 Å². The topological polar surface area (TPSA) is 51.0 Å². The summed E-state index contributed by atoms with van der Waals surface area (Å²) in [4.78, 5) is 18.7. The van der Waals surface area contributed by atoms with E-state index in [-0.39, 0.29) is 11.9 Å². The van der Waals surface area contributed by atoms with E-state index in [1.54, 1.807) is 42.0 Å². The molecule has 1 amide bonds. The fourth-order valence-corrected chi connectivity index (χ4v) is 2.89. The second-order valence-electron chi connectivity index (χ2n) is 5.76. The van der Waals surface area contributed by atoms with Crippen LogP contribution in [-0.4, -0.2) is 32.6 Å². The van der Waals surface area contributed by atoms with Crippen LogP contribution in [-0.2, 0) is 11.8 Å². The maximum absolute atomic E-state index is 12.6. The zero-order valence-corrected chi connectivity index (χ0v) is 15.3. The lowest BCUT2D eigenvalue weighted by Gasteiger charge is -2.26. The van der Waals surface area contributed by atoms with Gasteiger partial charge in [0.05, 0.1) is 17.4 Å². The molecule has 0 aliphatic carbocycles. The van der Waals surface area contributed by atoms with Crippen LogP contribution in [0.1, 0.15) is 42.8 Å². The first-order valence-electron chi connectivity index (χ1n) is 8.00. The Morgan fingerprint density at radius 1 is 1.46 bits per heavy atom. The van der Waals surface area contributed by atoms with Crippen LogP contribution < -0.4 is 0 Å². The number of amides is 1. The van der Waals surface area contributed by atoms with E-state index in [2.05, 4.69) is 17.0 Å². The number of hydrogen-bond acceptors (Lipinski definition) is 3. The molecule has 24 heavy (non-hydrogen) atoms. The van der Waals surface area contributed by atoms with Gasteiger partial charge in [0, 0.05) is 31.9 Å². The summed E-state index contributed by atoms with van der Waals surface area (Å²) in [6.45, 7) is 3.97. The molecule has 128 valence electrons. The van der Waals surface area contributed by atoms with E-state index >= 15 is 0 Å². The number of nitrogens with zero attached hydrogens (tertiary/aromatic N) is 4. The number of hydrogen-bond donors (Lipinski definition) is 0. The summed E-state index contributed by atoms with van der Waals surface area (Å²) in [5, 5.41) is 4.77. The predicted octanol–water partition coefficient (Wildman–Crippen LogP) is 3.79. The van der Waals surface area contributed by atoms with Crippen molar-refractivity contribution < 1.29 is 4.79 Å². The van der Waals surface area contributed by atoms with Gasteiger partial charge in [0.25, 0.3) is 0 Å². The van der Waals surface area contributed by atoms with Crippen LogP contribution in [0.3, 0.4) is 0 Å². The summed E-state index contributed by atoms with van der Waals surface area (Å²) in [5.74, 6) is -0.0848. The molecule has 0 radical (unpaired) electrons. The lowest BCUT2D eigenvalue weighted by Crippen LogP contribution is -2.30. The Labute approximate surface area is 147 Å². The Kier molecular flexibility index (Phi) is 6.15. The van der Waals surface area contributed by atoms with Gasteiger partial charge in [-0.05, 0) is 31.6 Å². The molecule has 0 bridgehead atoms. The normalized spacial score (nSPS) is 12.5. The molecule has 2 rings (SSSR count). The van der Waals surface area contributed by atoms with E-state index in [0.717, 1.165) is 29.8 Å². The minimum absolute atomic E-state index is 0.0428. The first kappa shape index (κ1) is 18.2. The molecular weight excluding hydrogens is 324 g/mol. The van der Waals surface area contributed by atoms with Crippen molar-refractivity contribution in [3.63, 3.8) is 0 Å². The molecular formula is C18H23ClN4O. The maximum Gasteiger partial charge on any atom is 0.246 e. The molecule has 0 aromatic carbocycles. The Hall–Kier alpha value is -2.14. The number of rotatable bonds is 6. The standard InChI is InChI=1S/C18H23ClN4O/c1-5-8-16(15-9-6-7-12-20-15)22(3)17(24)11-10-14-13(2)21-23(4)18(14)19/h6-7,9-12,16H,5,8H2,1-4H3/b11-10+. The van der Waals surface area contributed by atoms with Crippen molar-refractivity contribution in [3.05, 3.63) is 52.6 Å². The summed E-state index contributed by atoms with van der Waals surface area (Å²) in [5.41, 5.74) is 2.47. The highest BCUT2D eigenvalue weighted by atomic mass is 35.5. The monoisotopic (exact) mass is 346 g/mol. The molecule has 0 saturated heterocycles. The van der Waals surface area contributed by atoms with E-state index in [9.17, 15) is 4.79 Å². The summed E-state index contributed by atoms with van der Waals surface area (Å²) < 4.78 is 1.60. The van der Waals surface area contributed by atoms with Gasteiger partial charge in [-0.1, -0.05) is 31.0 Å². The smallest absolute Gasteiger partial charge is 0.246 e. The average molecular weight is 347 g/mol. The minimum atomic E-state index is -0.0848. The van der Waals surface area contributed by atoms with Crippen LogP contribution in [0, 0.1) is 6.92 Å². The quantitative estimate of drug-likeness (QED) is 0.748. The van der Waals surface area contributed by atoms with Gasteiger partial charge in [-0.2, -0.15) is 5.10 Å². The maximum atomic E-state index is 12.6. The third-order valence-electron chi connectivity index (χ3n) is 4.00. The van der Waals surface area contributed by atoms with Crippen molar-refractivity contribution in [1.82, 2.24) is 19.7 Å². The highest BCUT2D eigenvalue weighted by Gasteiger charge is 2.20. The fraction of sp³-hybridized carbons (Fsp3) is 0.389. The van der Waals surface area contributed by atoms with E-state index < -0.39 is 0 Å². The van der Waals surface area contributed by atoms with Crippen molar-refractivity contribution in [3.8, 4) is 0 Å². The number of carbonyl (C=O) groups excluding carboxylic acids is 1. The fourth-order valence-electron chi connectivity index (χ4n) is 2.65. The first-order chi connectivity index (χ1) is 11.5. The molecule has 1 atom stereocenters. The molecule has 6 heteroatoms. The summed E-state index contributed by atoms with van der Waals surface area (Å²) in [7, 11) is 3.58. The molecule has 0 N–H and O–H groups in total. The zero-order valence-electron chi connectivity index (χ0n) is 14.5. The SMILES string of the molecule is CCCC(c1ccccn1)N(C)C(=O)/C=C/c1c(C)nn(C)c1Cl. The zero-order chi connectivity index (χ0) is 17.7. The molecule has 2 aromatic heterocycles. The Bertz CT molecular complexity index is 724. The van der Waals surface area contributed by atoms with Gasteiger partial charge in [-0.25, -0.2) is 0 Å². The van der Waals surface area contributed by atoms with Gasteiger partial charge in [-0.3, -0.25) is 14.5 Å². The van der Waals surface area contributed by atoms with Gasteiger partial charge in [0.1, 0.15) is 5.15 Å². The van der Waals surface area contributed by atoms with Crippen molar-refractivity contribution in [1.29, 1.82) is 0 Å². The molecule has 0 saturated carbocycles. The molecule has 0 fully saturated rings. The second-order valence-corrected chi connectivity index (χ2v) is 6.11. The average Bonchev–Trinajstić information content (AvgIpc) is 2.83. The lowest BCUT2D eigenvalue weighted by molar-refractivity contribution is -0.127. The Morgan fingerprint density at radius 3 is 2.75 bits per heavy atom. The van der Waals surface area contributed by atoms with Crippen molar-refractivity contribution in [2.45, 2.75) is 32.7 Å². The van der Waals surface area contributed by atoms with E-state index in [0.29, 0.717) is 5.15 Å². The molecule has 1 unspecified atom stereocenters. The van der Waals surface area contributed by atoms with E-state index in [4.69, 9.17) is 11.6 Å². The van der Waals surface area contributed by atoms with Crippen LogP contribution in [0.25, 0.3) is 6.08 Å². The predicted molar refractivity (Wildman–Crippen MR) is 96.6 cm³/mol. The van der Waals surface area contributed by atoms with Gasteiger partial charge in [-0.15, -0.1) is 0 Å². The highest BCUT2D eigenvalue weighted by Crippen LogP contribution is 2.24. The summed E-state index contributed by atoms with van der Waals surface area (Å²) in [6.07, 6.45) is 6.85. The molecule has 5 nitrogen and oxygen atoms in total. The minimum Gasteiger partial charge on any atom is -0.334 e. The molecule has 0 aliphatic heterocycles. The molecule has 0 aliphatic rings. The van der Waals surface area contributed by atoms with Crippen LogP contribution in [0.5, 0.6) is 0 Å². The van der Waals surface area contributed by atoms with Gasteiger partial charge < -0.3 is 4.90 Å². The van der Waals surface area contributed by atoms with Crippen LogP contribution in [0.15, 0.2) is 30.5 Å². The van der Waals surface area contributed by atoms with Crippen molar-refractivity contribution in [2.75, 3.05) is 7.05 Å². The third-order valence-corrected chi connectivity index (χ3v) is 4.44. The molecule has 0 spiro atoms. The van der Waals surface area contributed by atoms with Crippen LogP contribution in [0.4, 0.5) is 0 Å². The number of aromatic nitrogens is 3. The highest BCUT2D eigenvalue weighted by molar-refractivity contribution is 6.31. The Morgan fingerprint density at radius 2 is 2.21 bits per heavy atom. The number of likely N-dealkylation sites (N-methyl/N-ethyl adjacent to an activating group) is 1. The number of pyridine rings is 1. The lowest BCUT2D eigenvalue weighted by atomic mass is 10.1. The van der Waals surface area contributed by atoms with Crippen molar-refractivity contribution >= 4 is 23.6 Å². The van der Waals surface area contributed by atoms with E-state index in [1.165, 1.54) is 0 Å². The second kappa shape index (κ2) is 8.11. The van der Waals surface area contributed by atoms with E-state index in [1.807, 2.05) is 25.1 Å². The number of halogens is 1. The van der Waals surface area contributed by atoms with Gasteiger partial charge in [0.15, 0.2) is 0 Å². The third kappa shape index (κ3) is 4.03. The number of aryl methyl sites for hydroxylation is 2. The first-order valence-corrected chi connectivity index (χ1v) is 8.38. The van der Waals surface area contributed by atoms with Gasteiger partial charge >= 0.3 is 0 Å². The summed E-state index contributed by atoms with van der Waals surface area (Å²) >= 11 is 6.20. The number of carbonyl (C=O) groups is 1.